The molecular formula is C18H22N4O. The molecule has 23 heavy (non-hydrogen) atoms. The average Bonchev–Trinajstić information content (AvgIpc) is 3.06. The Labute approximate surface area is 135 Å². The molecule has 0 unspecified atom stereocenters. The first kappa shape index (κ1) is 15.3. The highest BCUT2D eigenvalue weighted by molar-refractivity contribution is 6.06. The number of fused-ring (bicyclic) bond motifs is 1. The van der Waals surface area contributed by atoms with Gasteiger partial charge in [0.25, 0.3) is 5.91 Å². The zero-order valence-corrected chi connectivity index (χ0v) is 14.1. The van der Waals surface area contributed by atoms with E-state index in [0.29, 0.717) is 5.56 Å². The number of aromatic nitrogens is 3. The fourth-order valence-electron chi connectivity index (χ4n) is 3.08. The molecule has 2 aromatic heterocycles. The van der Waals surface area contributed by atoms with Crippen molar-refractivity contribution in [2.24, 2.45) is 0 Å². The van der Waals surface area contributed by atoms with Gasteiger partial charge in [0.2, 0.25) is 0 Å². The lowest BCUT2D eigenvalue weighted by molar-refractivity contribution is 0.102. The molecule has 0 spiro atoms. The van der Waals surface area contributed by atoms with Crippen LogP contribution in [0.2, 0.25) is 0 Å². The normalized spacial score (nSPS) is 11.1. The van der Waals surface area contributed by atoms with Gasteiger partial charge in [0, 0.05) is 41.6 Å². The van der Waals surface area contributed by atoms with E-state index in [-0.39, 0.29) is 5.91 Å². The van der Waals surface area contributed by atoms with Crippen LogP contribution in [-0.2, 0) is 13.1 Å². The summed E-state index contributed by atoms with van der Waals surface area (Å²) in [4.78, 5) is 12.6. The largest absolute Gasteiger partial charge is 0.348 e. The van der Waals surface area contributed by atoms with Crippen molar-refractivity contribution in [3.8, 4) is 0 Å². The van der Waals surface area contributed by atoms with E-state index in [2.05, 4.69) is 34.2 Å². The lowest BCUT2D eigenvalue weighted by Gasteiger charge is -2.07. The van der Waals surface area contributed by atoms with Gasteiger partial charge >= 0.3 is 0 Å². The van der Waals surface area contributed by atoms with E-state index in [1.165, 1.54) is 5.52 Å². The van der Waals surface area contributed by atoms with E-state index >= 15 is 0 Å². The fourth-order valence-corrected chi connectivity index (χ4v) is 3.08. The Bertz CT molecular complexity index is 873. The first-order valence-corrected chi connectivity index (χ1v) is 7.99. The van der Waals surface area contributed by atoms with Crippen molar-refractivity contribution >= 4 is 22.5 Å². The van der Waals surface area contributed by atoms with E-state index in [0.717, 1.165) is 35.6 Å². The minimum Gasteiger partial charge on any atom is -0.348 e. The van der Waals surface area contributed by atoms with Crippen molar-refractivity contribution < 1.29 is 4.79 Å². The second-order valence-corrected chi connectivity index (χ2v) is 5.69. The van der Waals surface area contributed by atoms with Crippen LogP contribution in [-0.4, -0.2) is 20.3 Å². The number of carbonyl (C=O) groups is 1. The van der Waals surface area contributed by atoms with Gasteiger partial charge in [0.1, 0.15) is 0 Å². The van der Waals surface area contributed by atoms with Crippen LogP contribution in [0.15, 0.2) is 30.5 Å². The Morgan fingerprint density at radius 1 is 1.17 bits per heavy atom. The van der Waals surface area contributed by atoms with Crippen molar-refractivity contribution in [1.29, 1.82) is 0 Å². The molecule has 0 bridgehead atoms. The van der Waals surface area contributed by atoms with Gasteiger partial charge in [-0.15, -0.1) is 0 Å². The molecule has 3 aromatic rings. The van der Waals surface area contributed by atoms with Crippen LogP contribution in [0.4, 0.5) is 5.69 Å². The third-order valence-corrected chi connectivity index (χ3v) is 4.28. The monoisotopic (exact) mass is 310 g/mol. The minimum absolute atomic E-state index is 0.103. The summed E-state index contributed by atoms with van der Waals surface area (Å²) in [7, 11) is 0. The zero-order valence-electron chi connectivity index (χ0n) is 14.1. The van der Waals surface area contributed by atoms with Crippen molar-refractivity contribution in [3.63, 3.8) is 0 Å². The molecule has 1 amide bonds. The number of nitrogens with one attached hydrogen (secondary N) is 1. The van der Waals surface area contributed by atoms with Gasteiger partial charge in [0.05, 0.1) is 11.3 Å². The van der Waals surface area contributed by atoms with Gasteiger partial charge in [-0.05, 0) is 52.0 Å². The maximum Gasteiger partial charge on any atom is 0.259 e. The molecule has 0 radical (unpaired) electrons. The van der Waals surface area contributed by atoms with Crippen LogP contribution < -0.4 is 5.32 Å². The molecule has 0 aliphatic rings. The second kappa shape index (κ2) is 5.91. The highest BCUT2D eigenvalue weighted by Crippen LogP contribution is 2.22. The van der Waals surface area contributed by atoms with Gasteiger partial charge in [-0.3, -0.25) is 9.48 Å². The van der Waals surface area contributed by atoms with E-state index in [1.54, 1.807) is 0 Å². The number of hydrogen-bond acceptors (Lipinski definition) is 2. The molecule has 5 heteroatoms. The summed E-state index contributed by atoms with van der Waals surface area (Å²) < 4.78 is 4.04. The summed E-state index contributed by atoms with van der Waals surface area (Å²) >= 11 is 0. The molecule has 0 saturated heterocycles. The molecule has 1 N–H and O–H groups in total. The number of aryl methyl sites for hydroxylation is 3. The Morgan fingerprint density at radius 2 is 1.96 bits per heavy atom. The Balaban J connectivity index is 1.90. The maximum absolute atomic E-state index is 12.6. The number of anilines is 1. The molecule has 0 aliphatic heterocycles. The predicted octanol–water partition coefficient (Wildman–Crippen LogP) is 3.75. The Kier molecular flexibility index (Phi) is 3.94. The van der Waals surface area contributed by atoms with Crippen LogP contribution in [0.5, 0.6) is 0 Å². The van der Waals surface area contributed by atoms with Crippen molar-refractivity contribution in [2.45, 2.75) is 40.8 Å². The molecule has 120 valence electrons. The highest BCUT2D eigenvalue weighted by Gasteiger charge is 2.18. The van der Waals surface area contributed by atoms with Gasteiger partial charge in [-0.2, -0.15) is 5.10 Å². The summed E-state index contributed by atoms with van der Waals surface area (Å²) in [6, 6.07) is 8.07. The third-order valence-electron chi connectivity index (χ3n) is 4.28. The van der Waals surface area contributed by atoms with Crippen LogP contribution in [0.3, 0.4) is 0 Å². The second-order valence-electron chi connectivity index (χ2n) is 5.69. The maximum atomic E-state index is 12.6. The molecule has 5 nitrogen and oxygen atoms in total. The summed E-state index contributed by atoms with van der Waals surface area (Å²) in [6.45, 7) is 9.64. The van der Waals surface area contributed by atoms with Crippen molar-refractivity contribution in [2.75, 3.05) is 5.32 Å². The van der Waals surface area contributed by atoms with Gasteiger partial charge < -0.3 is 9.88 Å². The molecule has 0 atom stereocenters. The minimum atomic E-state index is -0.103. The average molecular weight is 310 g/mol. The topological polar surface area (TPSA) is 51.9 Å². The summed E-state index contributed by atoms with van der Waals surface area (Å²) in [5.41, 5.74) is 4.31. The van der Waals surface area contributed by atoms with E-state index < -0.39 is 0 Å². The third kappa shape index (κ3) is 2.63. The number of benzene rings is 1. The standard InChI is InChI=1S/C18H22N4O/c1-5-21-10-9-14-11-15(7-8-16(14)21)19-18(23)17-12(3)20-22(6-2)13(17)4/h7-11H,5-6H2,1-4H3,(H,19,23). The number of nitrogens with zero attached hydrogens (tertiary/aromatic N) is 3. The first-order chi connectivity index (χ1) is 11.0. The number of carbonyl (C=O) groups excluding carboxylic acids is 1. The molecule has 1 aromatic carbocycles. The molecule has 3 rings (SSSR count). The fraction of sp³-hybridized carbons (Fsp3) is 0.333. The summed E-state index contributed by atoms with van der Waals surface area (Å²) in [5.74, 6) is -0.103. The molecule has 0 saturated carbocycles. The first-order valence-electron chi connectivity index (χ1n) is 7.99. The van der Waals surface area contributed by atoms with Gasteiger partial charge in [-0.1, -0.05) is 0 Å². The van der Waals surface area contributed by atoms with Crippen molar-refractivity contribution in [3.05, 3.63) is 47.4 Å². The van der Waals surface area contributed by atoms with Crippen LogP contribution in [0, 0.1) is 13.8 Å². The number of amides is 1. The zero-order chi connectivity index (χ0) is 16.6. The predicted molar refractivity (Wildman–Crippen MR) is 92.9 cm³/mol. The quantitative estimate of drug-likeness (QED) is 0.798. The highest BCUT2D eigenvalue weighted by atomic mass is 16.1. The van der Waals surface area contributed by atoms with Crippen LogP contribution in [0.25, 0.3) is 10.9 Å². The van der Waals surface area contributed by atoms with Crippen molar-refractivity contribution in [1.82, 2.24) is 14.3 Å². The summed E-state index contributed by atoms with van der Waals surface area (Å²) in [5, 5.41) is 8.53. The number of rotatable bonds is 4. The number of hydrogen-bond donors (Lipinski definition) is 1. The smallest absolute Gasteiger partial charge is 0.259 e. The van der Waals surface area contributed by atoms with Crippen LogP contribution >= 0.6 is 0 Å². The molecule has 0 aliphatic carbocycles. The van der Waals surface area contributed by atoms with Crippen LogP contribution in [0.1, 0.15) is 35.6 Å². The SMILES string of the molecule is CCn1nc(C)c(C(=O)Nc2ccc3c(ccn3CC)c2)c1C. The Hall–Kier alpha value is -2.56. The van der Waals surface area contributed by atoms with Gasteiger partial charge in [-0.25, -0.2) is 0 Å². The van der Waals surface area contributed by atoms with Gasteiger partial charge in [0.15, 0.2) is 0 Å². The van der Waals surface area contributed by atoms with E-state index in [1.807, 2.05) is 43.7 Å². The lowest BCUT2D eigenvalue weighted by atomic mass is 10.1. The molecular weight excluding hydrogens is 288 g/mol. The van der Waals surface area contributed by atoms with E-state index in [4.69, 9.17) is 0 Å². The molecule has 2 heterocycles. The Morgan fingerprint density at radius 3 is 2.61 bits per heavy atom. The summed E-state index contributed by atoms with van der Waals surface area (Å²) in [6.07, 6.45) is 2.07. The lowest BCUT2D eigenvalue weighted by Crippen LogP contribution is -2.14. The van der Waals surface area contributed by atoms with E-state index in [9.17, 15) is 4.79 Å². The molecule has 0 fully saturated rings.